The van der Waals surface area contributed by atoms with E-state index in [1.54, 1.807) is 7.11 Å². The lowest BCUT2D eigenvalue weighted by Crippen LogP contribution is -2.12. The Morgan fingerprint density at radius 3 is 2.48 bits per heavy atom. The van der Waals surface area contributed by atoms with E-state index in [9.17, 15) is 4.79 Å². The van der Waals surface area contributed by atoms with Crippen LogP contribution in [0, 0.1) is 0 Å². The van der Waals surface area contributed by atoms with Gasteiger partial charge in [-0.3, -0.25) is 10.2 Å². The van der Waals surface area contributed by atoms with Gasteiger partial charge < -0.3 is 4.74 Å². The molecule has 0 unspecified atom stereocenters. The standard InChI is InChI=1S/C18H15ClN4O2/c1-25-14-9-7-13(8-10-14)17(12-5-3-2-4-6-12)22-21-15-11-20-23-18(24)16(15)19/h2-11H,1H3,(H2,21,23,24)/b22-17+. The van der Waals surface area contributed by atoms with Gasteiger partial charge in [0.05, 0.1) is 19.0 Å². The van der Waals surface area contributed by atoms with Gasteiger partial charge in [-0.25, -0.2) is 5.10 Å². The van der Waals surface area contributed by atoms with Crippen molar-refractivity contribution < 1.29 is 4.74 Å². The molecule has 3 aromatic rings. The molecule has 0 saturated heterocycles. The van der Waals surface area contributed by atoms with E-state index in [2.05, 4.69) is 20.7 Å². The average Bonchev–Trinajstić information content (AvgIpc) is 2.66. The Hall–Kier alpha value is -3.12. The second-order valence-electron chi connectivity index (χ2n) is 5.09. The van der Waals surface area contributed by atoms with E-state index >= 15 is 0 Å². The highest BCUT2D eigenvalue weighted by atomic mass is 35.5. The van der Waals surface area contributed by atoms with Gasteiger partial charge in [-0.1, -0.05) is 41.9 Å². The Morgan fingerprint density at radius 1 is 1.12 bits per heavy atom. The molecule has 0 aliphatic rings. The first kappa shape index (κ1) is 16.7. The average molecular weight is 355 g/mol. The summed E-state index contributed by atoms with van der Waals surface area (Å²) in [5.41, 5.74) is 5.16. The molecular formula is C18H15ClN4O2. The Balaban J connectivity index is 2.01. The highest BCUT2D eigenvalue weighted by Crippen LogP contribution is 2.18. The fraction of sp³-hybridized carbons (Fsp3) is 0.0556. The molecule has 6 nitrogen and oxygen atoms in total. The molecule has 2 N–H and O–H groups in total. The van der Waals surface area contributed by atoms with Crippen molar-refractivity contribution in [2.45, 2.75) is 0 Å². The van der Waals surface area contributed by atoms with Gasteiger partial charge in [-0.15, -0.1) is 0 Å². The Bertz CT molecular complexity index is 937. The predicted molar refractivity (Wildman–Crippen MR) is 98.6 cm³/mol. The number of hydrogen-bond donors (Lipinski definition) is 2. The fourth-order valence-electron chi connectivity index (χ4n) is 2.22. The molecule has 1 aromatic heterocycles. The highest BCUT2D eigenvalue weighted by molar-refractivity contribution is 6.32. The normalized spacial score (nSPS) is 11.2. The third-order valence-electron chi connectivity index (χ3n) is 3.49. The van der Waals surface area contributed by atoms with Crippen molar-refractivity contribution in [3.63, 3.8) is 0 Å². The number of aromatic nitrogens is 2. The Morgan fingerprint density at radius 2 is 1.80 bits per heavy atom. The number of anilines is 1. The number of nitrogens with one attached hydrogen (secondary N) is 2. The van der Waals surface area contributed by atoms with Gasteiger partial charge in [-0.05, 0) is 24.3 Å². The van der Waals surface area contributed by atoms with Crippen molar-refractivity contribution in [1.29, 1.82) is 0 Å². The zero-order valence-electron chi connectivity index (χ0n) is 13.4. The van der Waals surface area contributed by atoms with Gasteiger partial charge >= 0.3 is 0 Å². The molecule has 0 bridgehead atoms. The van der Waals surface area contributed by atoms with Crippen LogP contribution in [0.15, 0.2) is 70.7 Å². The first-order chi connectivity index (χ1) is 12.2. The summed E-state index contributed by atoms with van der Waals surface area (Å²) < 4.78 is 5.19. The maximum Gasteiger partial charge on any atom is 0.285 e. The minimum Gasteiger partial charge on any atom is -0.497 e. The number of halogens is 1. The van der Waals surface area contributed by atoms with E-state index in [0.29, 0.717) is 11.4 Å². The van der Waals surface area contributed by atoms with E-state index in [-0.39, 0.29) is 5.02 Å². The van der Waals surface area contributed by atoms with E-state index in [1.807, 2.05) is 54.6 Å². The maximum absolute atomic E-state index is 11.5. The molecule has 3 rings (SSSR count). The van der Waals surface area contributed by atoms with Gasteiger partial charge in [0, 0.05) is 11.1 Å². The summed E-state index contributed by atoms with van der Waals surface area (Å²) in [6.07, 6.45) is 1.41. The molecular weight excluding hydrogens is 340 g/mol. The maximum atomic E-state index is 11.5. The van der Waals surface area contributed by atoms with Crippen molar-refractivity contribution >= 4 is 23.0 Å². The van der Waals surface area contributed by atoms with Crippen molar-refractivity contribution in [2.75, 3.05) is 12.5 Å². The number of hydrazone groups is 1. The van der Waals surface area contributed by atoms with Gasteiger partial charge in [0.2, 0.25) is 0 Å². The molecule has 2 aromatic carbocycles. The zero-order valence-corrected chi connectivity index (χ0v) is 14.1. The van der Waals surface area contributed by atoms with E-state index < -0.39 is 5.56 Å². The molecule has 0 atom stereocenters. The Kier molecular flexibility index (Phi) is 5.11. The van der Waals surface area contributed by atoms with Crippen molar-refractivity contribution in [3.05, 3.63) is 87.3 Å². The van der Waals surface area contributed by atoms with Gasteiger partial charge in [0.25, 0.3) is 5.56 Å². The third kappa shape index (κ3) is 3.87. The smallest absolute Gasteiger partial charge is 0.285 e. The van der Waals surface area contributed by atoms with E-state index in [0.717, 1.165) is 16.9 Å². The topological polar surface area (TPSA) is 79.4 Å². The van der Waals surface area contributed by atoms with Crippen LogP contribution in [0.2, 0.25) is 5.02 Å². The van der Waals surface area contributed by atoms with Crippen LogP contribution in [0.4, 0.5) is 5.69 Å². The highest BCUT2D eigenvalue weighted by Gasteiger charge is 2.09. The van der Waals surface area contributed by atoms with Crippen molar-refractivity contribution in [2.24, 2.45) is 5.10 Å². The number of methoxy groups -OCH3 is 1. The first-order valence-corrected chi connectivity index (χ1v) is 7.83. The summed E-state index contributed by atoms with van der Waals surface area (Å²) in [6, 6.07) is 17.2. The van der Waals surface area contributed by atoms with Crippen LogP contribution in [-0.2, 0) is 0 Å². The SMILES string of the molecule is COc1ccc(/C(=N/Nc2cn[nH]c(=O)c2Cl)c2ccccc2)cc1. The van der Waals surface area contributed by atoms with Crippen LogP contribution in [-0.4, -0.2) is 23.0 Å². The summed E-state index contributed by atoms with van der Waals surface area (Å²) in [4.78, 5) is 11.5. The van der Waals surface area contributed by atoms with E-state index in [1.165, 1.54) is 6.20 Å². The molecule has 126 valence electrons. The minimum absolute atomic E-state index is 0.000826. The van der Waals surface area contributed by atoms with Crippen LogP contribution in [0.5, 0.6) is 5.75 Å². The lowest BCUT2D eigenvalue weighted by molar-refractivity contribution is 0.415. The van der Waals surface area contributed by atoms with Crippen LogP contribution in [0.1, 0.15) is 11.1 Å². The fourth-order valence-corrected chi connectivity index (χ4v) is 2.35. The monoisotopic (exact) mass is 354 g/mol. The number of rotatable bonds is 5. The van der Waals surface area contributed by atoms with Crippen LogP contribution in [0.25, 0.3) is 0 Å². The predicted octanol–water partition coefficient (Wildman–Crippen LogP) is 3.30. The molecule has 0 saturated carbocycles. The molecule has 0 radical (unpaired) electrons. The van der Waals surface area contributed by atoms with E-state index in [4.69, 9.17) is 16.3 Å². The summed E-state index contributed by atoms with van der Waals surface area (Å²) in [6.45, 7) is 0. The quantitative estimate of drug-likeness (QED) is 0.544. The lowest BCUT2D eigenvalue weighted by atomic mass is 10.0. The second kappa shape index (κ2) is 7.63. The molecule has 0 aliphatic carbocycles. The summed E-state index contributed by atoms with van der Waals surface area (Å²) in [7, 11) is 1.62. The minimum atomic E-state index is -0.479. The van der Waals surface area contributed by atoms with Crippen LogP contribution >= 0.6 is 11.6 Å². The lowest BCUT2D eigenvalue weighted by Gasteiger charge is -2.09. The number of nitrogens with zero attached hydrogens (tertiary/aromatic N) is 2. The van der Waals surface area contributed by atoms with Crippen molar-refractivity contribution in [1.82, 2.24) is 10.2 Å². The summed E-state index contributed by atoms with van der Waals surface area (Å²) >= 11 is 5.98. The molecule has 0 fully saturated rings. The molecule has 0 amide bonds. The number of hydrogen-bond acceptors (Lipinski definition) is 5. The third-order valence-corrected chi connectivity index (χ3v) is 3.87. The van der Waals surface area contributed by atoms with Gasteiger partial charge in [-0.2, -0.15) is 10.2 Å². The van der Waals surface area contributed by atoms with Crippen molar-refractivity contribution in [3.8, 4) is 5.75 Å². The molecule has 25 heavy (non-hydrogen) atoms. The molecule has 0 aliphatic heterocycles. The number of aromatic amines is 1. The zero-order chi connectivity index (χ0) is 17.6. The molecule has 7 heteroatoms. The first-order valence-electron chi connectivity index (χ1n) is 7.46. The Labute approximate surface area is 149 Å². The number of benzene rings is 2. The molecule has 1 heterocycles. The van der Waals surface area contributed by atoms with Crippen LogP contribution in [0.3, 0.4) is 0 Å². The number of ether oxygens (including phenoxy) is 1. The summed E-state index contributed by atoms with van der Waals surface area (Å²) in [5.74, 6) is 0.756. The second-order valence-corrected chi connectivity index (χ2v) is 5.47. The van der Waals surface area contributed by atoms with Crippen LogP contribution < -0.4 is 15.7 Å². The van der Waals surface area contributed by atoms with Gasteiger partial charge in [0.1, 0.15) is 16.5 Å². The largest absolute Gasteiger partial charge is 0.497 e. The summed E-state index contributed by atoms with van der Waals surface area (Å²) in [5, 5.41) is 10.4. The number of H-pyrrole nitrogens is 1. The molecule has 0 spiro atoms. The van der Waals surface area contributed by atoms with Gasteiger partial charge in [0.15, 0.2) is 0 Å².